The molecule has 0 bridgehead atoms. The van der Waals surface area contributed by atoms with Crippen molar-refractivity contribution >= 4 is 12.4 Å². The Hall–Kier alpha value is 1.03. The molecule has 0 aliphatic rings. The normalized spacial score (nSPS) is 14.6. The summed E-state index contributed by atoms with van der Waals surface area (Å²) in [7, 11) is 0. The van der Waals surface area contributed by atoms with Gasteiger partial charge >= 0.3 is 59.1 Å². The van der Waals surface area contributed by atoms with Crippen molar-refractivity contribution < 1.29 is 117 Å². The predicted molar refractivity (Wildman–Crippen MR) is 45.2 cm³/mol. The Balaban J connectivity index is -0.0000000827. The first-order valence-corrected chi connectivity index (χ1v) is 3.96. The molecule has 0 aliphatic carbocycles. The first-order chi connectivity index (χ1) is 7.27. The molecule has 0 unspecified atom stereocenters. The minimum absolute atomic E-state index is 0. The first kappa shape index (κ1) is 32.1. The summed E-state index contributed by atoms with van der Waals surface area (Å²) in [6.45, 7) is -0.760. The van der Waals surface area contributed by atoms with Gasteiger partial charge in [-0.1, -0.05) is 0 Å². The van der Waals surface area contributed by atoms with Gasteiger partial charge in [-0.25, -0.2) is 0 Å². The number of rotatable bonds is 5. The molecular weight excluding hydrogens is 310 g/mol. The zero-order chi connectivity index (χ0) is 13.3. The fourth-order valence-electron chi connectivity index (χ4n) is 0.618. The van der Waals surface area contributed by atoms with E-state index in [1.54, 1.807) is 0 Å². The average molecular weight is 323 g/mol. The maximum absolute atomic E-state index is 9.90. The van der Waals surface area contributed by atoms with Crippen LogP contribution < -0.4 is 76.6 Å². The van der Waals surface area contributed by atoms with Gasteiger partial charge in [-0.2, -0.15) is 0 Å². The van der Waals surface area contributed by atoms with Crippen LogP contribution in [0.5, 0.6) is 0 Å². The third-order valence-corrected chi connectivity index (χ3v) is 1.42. The van der Waals surface area contributed by atoms with E-state index in [0.29, 0.717) is 0 Å². The van der Waals surface area contributed by atoms with E-state index in [9.17, 15) is 4.79 Å². The van der Waals surface area contributed by atoms with Gasteiger partial charge in [0.15, 0.2) is 6.29 Å². The van der Waals surface area contributed by atoms with E-state index in [-0.39, 0.29) is 77.8 Å². The second-order valence-electron chi connectivity index (χ2n) is 2.62. The van der Waals surface area contributed by atoms with Gasteiger partial charge in [0.1, 0.15) is 24.4 Å². The number of hydrogen-bond donors (Lipinski definition) is 6. The molecule has 0 aromatic carbocycles. The summed E-state index contributed by atoms with van der Waals surface area (Å²) in [6.07, 6.45) is -8.92. The largest absolute Gasteiger partial charge is 1.00 e. The Morgan fingerprint density at radius 3 is 1.63 bits per heavy atom. The van der Waals surface area contributed by atoms with Crippen molar-refractivity contribution in [2.24, 2.45) is 0 Å². The van der Waals surface area contributed by atoms with Gasteiger partial charge in [-0.05, 0) is 0 Å². The molecule has 104 valence electrons. The Morgan fingerprint density at radius 1 is 1.11 bits per heavy atom. The fourth-order valence-corrected chi connectivity index (χ4v) is 0.618. The summed E-state index contributed by atoms with van der Waals surface area (Å²) in [5.41, 5.74) is 0. The fraction of sp³-hybridized carbons (Fsp3) is 0.714. The topological polar surface area (TPSA) is 179 Å². The molecule has 0 rings (SSSR count). The Bertz CT molecular complexity index is 217. The second-order valence-corrected chi connectivity index (χ2v) is 2.62. The van der Waals surface area contributed by atoms with E-state index in [4.69, 9.17) is 40.5 Å². The molecule has 0 aromatic rings. The summed E-state index contributed by atoms with van der Waals surface area (Å²) in [5.74, 6) is 0. The van der Waals surface area contributed by atoms with Crippen LogP contribution in [0.15, 0.2) is 0 Å². The molecule has 0 amide bonds. The predicted octanol–water partition coefficient (Wildman–Crippen LogP) is -13.5. The van der Waals surface area contributed by atoms with Crippen LogP contribution in [0.1, 0.15) is 0 Å². The Morgan fingerprint density at radius 2 is 1.42 bits per heavy atom. The number of carboxylic acid groups (broad SMARTS) is 2. The van der Waals surface area contributed by atoms with E-state index < -0.39 is 37.2 Å². The number of hydrogen-bond acceptors (Lipinski definition) is 8. The molecule has 9 nitrogen and oxygen atoms in total. The van der Waals surface area contributed by atoms with Gasteiger partial charge in [0.05, 0.1) is 6.61 Å². The molecule has 0 fully saturated rings. The molecule has 4 atom stereocenters. The Labute approximate surface area is 159 Å². The number of carbonyl (C=O) groups is 2. The van der Waals surface area contributed by atoms with Gasteiger partial charge < -0.3 is 57.7 Å². The van der Waals surface area contributed by atoms with E-state index in [1.807, 2.05) is 0 Å². The minimum Gasteiger partial charge on any atom is -1.00 e. The second kappa shape index (κ2) is 19.0. The van der Waals surface area contributed by atoms with Gasteiger partial charge in [0, 0.05) is 0 Å². The SMILES string of the molecule is O=C([O-])O.O=C[C@H](O)[C@@H](O)[C@H](O)[C@H](O)CO.[Cl-].[Na+].[Na+]. The number of halogens is 1. The third kappa shape index (κ3) is 19.0. The molecular formula is C7H13ClNa2O9. The van der Waals surface area contributed by atoms with Gasteiger partial charge in [-0.3, -0.25) is 0 Å². The number of aliphatic hydroxyl groups excluding tert-OH is 5. The Kier molecular flexibility index (Phi) is 32.2. The van der Waals surface area contributed by atoms with Gasteiger partial charge in [-0.15, -0.1) is 0 Å². The molecule has 0 aromatic heterocycles. The standard InChI is InChI=1S/C6H12O6.CH2O3.ClH.2Na/c7-1-3(9)5(11)6(12)4(10)2-8;2-1(3)4;;;/h1,3-6,8-12H,2H2;(H2,2,3,4);1H;;/q;;;2*+1/p-2/t3-,4+,5+,6+;;;;/m0..../s1. The monoisotopic (exact) mass is 322 g/mol. The van der Waals surface area contributed by atoms with Crippen LogP contribution in [0.4, 0.5) is 4.79 Å². The van der Waals surface area contributed by atoms with Crippen molar-refractivity contribution in [1.29, 1.82) is 0 Å². The number of aldehydes is 1. The molecule has 0 radical (unpaired) electrons. The van der Waals surface area contributed by atoms with Gasteiger partial charge in [0.2, 0.25) is 6.16 Å². The van der Waals surface area contributed by atoms with E-state index in [1.165, 1.54) is 0 Å². The number of aliphatic hydroxyl groups is 5. The van der Waals surface area contributed by atoms with Crippen molar-refractivity contribution in [3.05, 3.63) is 0 Å². The zero-order valence-corrected chi connectivity index (χ0v) is 15.1. The molecule has 0 saturated heterocycles. The van der Waals surface area contributed by atoms with Crippen LogP contribution in [0.2, 0.25) is 0 Å². The molecule has 19 heavy (non-hydrogen) atoms. The van der Waals surface area contributed by atoms with Crippen LogP contribution in [0.25, 0.3) is 0 Å². The molecule has 0 aliphatic heterocycles. The van der Waals surface area contributed by atoms with Crippen LogP contribution in [0.3, 0.4) is 0 Å². The molecule has 0 spiro atoms. The maximum atomic E-state index is 9.90. The zero-order valence-electron chi connectivity index (χ0n) is 10.4. The summed E-state index contributed by atoms with van der Waals surface area (Å²) >= 11 is 0. The van der Waals surface area contributed by atoms with Gasteiger partial charge in [0.25, 0.3) is 0 Å². The van der Waals surface area contributed by atoms with E-state index in [2.05, 4.69) is 0 Å². The van der Waals surface area contributed by atoms with Crippen molar-refractivity contribution in [2.45, 2.75) is 24.4 Å². The summed E-state index contributed by atoms with van der Waals surface area (Å²) in [4.78, 5) is 18.3. The molecule has 0 heterocycles. The van der Waals surface area contributed by atoms with Crippen LogP contribution in [-0.4, -0.2) is 74.1 Å². The number of carbonyl (C=O) groups excluding carboxylic acids is 1. The quantitative estimate of drug-likeness (QED) is 0.212. The summed E-state index contributed by atoms with van der Waals surface area (Å²) < 4.78 is 0. The third-order valence-electron chi connectivity index (χ3n) is 1.42. The smallest absolute Gasteiger partial charge is 1.00 e. The summed E-state index contributed by atoms with van der Waals surface area (Å²) in [5, 5.41) is 58.8. The van der Waals surface area contributed by atoms with Crippen LogP contribution >= 0.6 is 0 Å². The van der Waals surface area contributed by atoms with Crippen molar-refractivity contribution in [1.82, 2.24) is 0 Å². The van der Waals surface area contributed by atoms with Crippen LogP contribution in [0, 0.1) is 0 Å². The maximum Gasteiger partial charge on any atom is 1.00 e. The summed E-state index contributed by atoms with van der Waals surface area (Å²) in [6, 6.07) is 0. The minimum atomic E-state index is -2.08. The van der Waals surface area contributed by atoms with Crippen molar-refractivity contribution in [2.75, 3.05) is 6.61 Å². The van der Waals surface area contributed by atoms with E-state index in [0.717, 1.165) is 0 Å². The van der Waals surface area contributed by atoms with E-state index >= 15 is 0 Å². The molecule has 12 heteroatoms. The average Bonchev–Trinajstić information content (AvgIpc) is 2.24. The first-order valence-electron chi connectivity index (χ1n) is 3.96. The van der Waals surface area contributed by atoms with Crippen LogP contribution in [-0.2, 0) is 4.79 Å². The molecule has 0 saturated carbocycles. The molecule has 6 N–H and O–H groups in total. The van der Waals surface area contributed by atoms with Crippen molar-refractivity contribution in [3.63, 3.8) is 0 Å². The van der Waals surface area contributed by atoms with Crippen molar-refractivity contribution in [3.8, 4) is 0 Å².